The number of benzene rings is 1. The highest BCUT2D eigenvalue weighted by Crippen LogP contribution is 2.34. The van der Waals surface area contributed by atoms with Crippen LogP contribution < -0.4 is 10.1 Å². The Hall–Kier alpha value is -3.52. The average Bonchev–Trinajstić information content (AvgIpc) is 3.09. The molecule has 158 valence electrons. The van der Waals surface area contributed by atoms with Crippen LogP contribution in [0.5, 0.6) is 5.75 Å². The van der Waals surface area contributed by atoms with Gasteiger partial charge in [0, 0.05) is 62.9 Å². The van der Waals surface area contributed by atoms with Crippen molar-refractivity contribution in [2.45, 2.75) is 18.7 Å². The molecule has 4 heterocycles. The van der Waals surface area contributed by atoms with Crippen molar-refractivity contribution in [1.82, 2.24) is 30.1 Å². The molecule has 2 aliphatic heterocycles. The van der Waals surface area contributed by atoms with Gasteiger partial charge in [-0.3, -0.25) is 9.88 Å². The lowest BCUT2D eigenvalue weighted by Crippen LogP contribution is -2.68. The minimum absolute atomic E-state index is 0.00473. The predicted molar refractivity (Wildman–Crippen MR) is 115 cm³/mol. The Labute approximate surface area is 180 Å². The molecule has 3 aromatic rings. The Morgan fingerprint density at radius 2 is 1.97 bits per heavy atom. The molecule has 8 heteroatoms. The highest BCUT2D eigenvalue weighted by Gasteiger charge is 2.51. The fourth-order valence-electron chi connectivity index (χ4n) is 4.26. The summed E-state index contributed by atoms with van der Waals surface area (Å²) in [6.45, 7) is 3.51. The van der Waals surface area contributed by atoms with Crippen LogP contribution in [0.1, 0.15) is 11.3 Å². The number of likely N-dealkylation sites (N-methyl/N-ethyl adjacent to an activating group) is 1. The molecule has 2 fully saturated rings. The third-order valence-corrected chi connectivity index (χ3v) is 6.07. The van der Waals surface area contributed by atoms with Crippen LogP contribution in [0, 0.1) is 0 Å². The van der Waals surface area contributed by atoms with Gasteiger partial charge < -0.3 is 15.0 Å². The Balaban J connectivity index is 1.36. The summed E-state index contributed by atoms with van der Waals surface area (Å²) < 4.78 is 6.14. The molecule has 0 bridgehead atoms. The van der Waals surface area contributed by atoms with Gasteiger partial charge in [0.05, 0.1) is 11.2 Å². The van der Waals surface area contributed by atoms with Gasteiger partial charge in [-0.2, -0.15) is 0 Å². The molecule has 1 spiro atoms. The first kappa shape index (κ1) is 19.4. The van der Waals surface area contributed by atoms with Crippen molar-refractivity contribution >= 4 is 6.03 Å². The summed E-state index contributed by atoms with van der Waals surface area (Å²) >= 11 is 0. The molecule has 31 heavy (non-hydrogen) atoms. The summed E-state index contributed by atoms with van der Waals surface area (Å²) in [7, 11) is 1.87. The van der Waals surface area contributed by atoms with Gasteiger partial charge in [0.2, 0.25) is 0 Å². The number of likely N-dealkylation sites (tertiary alicyclic amines) is 1. The number of nitrogens with zero attached hydrogens (tertiary/aromatic N) is 5. The first-order valence-corrected chi connectivity index (χ1v) is 10.3. The first-order valence-electron chi connectivity index (χ1n) is 10.3. The Morgan fingerprint density at radius 3 is 2.68 bits per heavy atom. The Bertz CT molecular complexity index is 1070. The number of rotatable bonds is 6. The lowest BCUT2D eigenvalue weighted by molar-refractivity contribution is -0.00156. The van der Waals surface area contributed by atoms with Gasteiger partial charge in [0.1, 0.15) is 18.7 Å². The number of carbonyl (C=O) groups excluding carboxylic acids is 1. The lowest BCUT2D eigenvalue weighted by Gasteiger charge is -2.50. The monoisotopic (exact) mass is 416 g/mol. The van der Waals surface area contributed by atoms with E-state index in [0.717, 1.165) is 47.8 Å². The van der Waals surface area contributed by atoms with Gasteiger partial charge in [-0.1, -0.05) is 12.1 Å². The van der Waals surface area contributed by atoms with Crippen LogP contribution >= 0.6 is 0 Å². The van der Waals surface area contributed by atoms with Crippen LogP contribution in [0.2, 0.25) is 0 Å². The minimum atomic E-state index is -0.100. The van der Waals surface area contributed by atoms with Crippen LogP contribution in [-0.2, 0) is 13.2 Å². The molecule has 2 aromatic heterocycles. The molecule has 2 aliphatic rings. The molecule has 8 nitrogen and oxygen atoms in total. The second-order valence-electron chi connectivity index (χ2n) is 8.15. The highest BCUT2D eigenvalue weighted by molar-refractivity contribution is 5.78. The first-order chi connectivity index (χ1) is 15.1. The summed E-state index contributed by atoms with van der Waals surface area (Å²) in [5, 5.41) is 2.94. The SMILES string of the molecule is CN1C(=O)NCC12CN(Cc1cc(-c3cncnc3)ccc1OCc1ccccn1)C2. The fourth-order valence-corrected chi connectivity index (χ4v) is 4.26. The highest BCUT2D eigenvalue weighted by atomic mass is 16.5. The molecular weight excluding hydrogens is 392 g/mol. The third-order valence-electron chi connectivity index (χ3n) is 6.07. The van der Waals surface area contributed by atoms with Crippen molar-refractivity contribution in [2.24, 2.45) is 0 Å². The molecule has 0 saturated carbocycles. The van der Waals surface area contributed by atoms with Crippen molar-refractivity contribution in [3.8, 4) is 16.9 Å². The van der Waals surface area contributed by atoms with Crippen molar-refractivity contribution in [3.63, 3.8) is 0 Å². The zero-order valence-electron chi connectivity index (χ0n) is 17.4. The quantitative estimate of drug-likeness (QED) is 0.664. The van der Waals surface area contributed by atoms with Crippen molar-refractivity contribution in [1.29, 1.82) is 0 Å². The van der Waals surface area contributed by atoms with E-state index in [1.54, 1.807) is 6.20 Å². The standard InChI is InChI=1S/C23H24N6O2/c1-28-22(30)27-13-23(28)14-29(15-23)11-18-8-17(19-9-24-16-25-10-19)5-6-21(18)31-12-20-4-2-3-7-26-20/h2-10,16H,11-15H2,1H3,(H,27,30). The molecule has 0 unspecified atom stereocenters. The number of carbonyl (C=O) groups is 1. The molecule has 0 radical (unpaired) electrons. The van der Waals surface area contributed by atoms with Crippen molar-refractivity contribution < 1.29 is 9.53 Å². The Kier molecular flexibility index (Phi) is 4.99. The molecule has 5 rings (SSSR count). The van der Waals surface area contributed by atoms with E-state index >= 15 is 0 Å². The van der Waals surface area contributed by atoms with E-state index in [9.17, 15) is 4.79 Å². The van der Waals surface area contributed by atoms with E-state index in [0.29, 0.717) is 13.2 Å². The molecule has 0 aliphatic carbocycles. The van der Waals surface area contributed by atoms with Gasteiger partial charge in [-0.15, -0.1) is 0 Å². The lowest BCUT2D eigenvalue weighted by atomic mass is 9.89. The number of ether oxygens (including phenoxy) is 1. The second-order valence-corrected chi connectivity index (χ2v) is 8.15. The van der Waals surface area contributed by atoms with Crippen LogP contribution in [0.3, 0.4) is 0 Å². The molecule has 2 amide bonds. The predicted octanol–water partition coefficient (Wildman–Crippen LogP) is 2.33. The second kappa shape index (κ2) is 7.96. The zero-order valence-corrected chi connectivity index (χ0v) is 17.4. The topological polar surface area (TPSA) is 83.5 Å². The number of nitrogens with one attached hydrogen (secondary N) is 1. The number of amides is 2. The zero-order chi connectivity index (χ0) is 21.3. The summed E-state index contributed by atoms with van der Waals surface area (Å²) in [5.41, 5.74) is 3.88. The van der Waals surface area contributed by atoms with Gasteiger partial charge >= 0.3 is 6.03 Å². The normalized spacial score (nSPS) is 17.5. The third kappa shape index (κ3) is 3.82. The van der Waals surface area contributed by atoms with Crippen molar-refractivity contribution in [3.05, 3.63) is 72.6 Å². The molecule has 1 aromatic carbocycles. The molecule has 0 atom stereocenters. The molecular formula is C23H24N6O2. The van der Waals surface area contributed by atoms with Crippen LogP contribution in [0.25, 0.3) is 11.1 Å². The molecule has 1 N–H and O–H groups in total. The van der Waals surface area contributed by atoms with E-state index in [1.807, 2.05) is 54.7 Å². The van der Waals surface area contributed by atoms with E-state index < -0.39 is 0 Å². The maximum absolute atomic E-state index is 11.9. The van der Waals surface area contributed by atoms with E-state index in [4.69, 9.17) is 4.74 Å². The number of aromatic nitrogens is 3. The van der Waals surface area contributed by atoms with Crippen LogP contribution in [0.15, 0.2) is 61.3 Å². The average molecular weight is 416 g/mol. The van der Waals surface area contributed by atoms with Gasteiger partial charge in [0.25, 0.3) is 0 Å². The van der Waals surface area contributed by atoms with Gasteiger partial charge in [0.15, 0.2) is 0 Å². The number of hydrogen-bond donors (Lipinski definition) is 1. The van der Waals surface area contributed by atoms with E-state index in [1.165, 1.54) is 6.33 Å². The summed E-state index contributed by atoms with van der Waals surface area (Å²) in [6, 6.07) is 12.0. The van der Waals surface area contributed by atoms with E-state index in [2.05, 4.69) is 31.2 Å². The number of urea groups is 1. The Morgan fingerprint density at radius 1 is 1.13 bits per heavy atom. The smallest absolute Gasteiger partial charge is 0.317 e. The summed E-state index contributed by atoms with van der Waals surface area (Å²) in [6.07, 6.45) is 6.92. The maximum atomic E-state index is 11.9. The number of pyridine rings is 1. The van der Waals surface area contributed by atoms with Crippen LogP contribution in [-0.4, -0.2) is 63.0 Å². The minimum Gasteiger partial charge on any atom is -0.487 e. The van der Waals surface area contributed by atoms with E-state index in [-0.39, 0.29) is 11.6 Å². The van der Waals surface area contributed by atoms with Gasteiger partial charge in [-0.25, -0.2) is 14.8 Å². The number of hydrogen-bond acceptors (Lipinski definition) is 6. The maximum Gasteiger partial charge on any atom is 0.317 e. The van der Waals surface area contributed by atoms with Crippen LogP contribution in [0.4, 0.5) is 4.79 Å². The van der Waals surface area contributed by atoms with Gasteiger partial charge in [-0.05, 0) is 29.8 Å². The summed E-state index contributed by atoms with van der Waals surface area (Å²) in [4.78, 5) is 28.7. The molecule has 2 saturated heterocycles. The van der Waals surface area contributed by atoms with Crippen molar-refractivity contribution in [2.75, 3.05) is 26.7 Å². The largest absolute Gasteiger partial charge is 0.487 e. The summed E-state index contributed by atoms with van der Waals surface area (Å²) in [5.74, 6) is 0.834. The fraction of sp³-hybridized carbons (Fsp3) is 0.304.